The molecule has 2 amide bonds. The zero-order valence-electron chi connectivity index (χ0n) is 10.0. The van der Waals surface area contributed by atoms with Crippen LogP contribution >= 0.6 is 15.9 Å². The lowest BCUT2D eigenvalue weighted by Gasteiger charge is -2.15. The highest BCUT2D eigenvalue weighted by atomic mass is 79.9. The second-order valence-electron chi connectivity index (χ2n) is 4.86. The van der Waals surface area contributed by atoms with E-state index in [1.807, 2.05) is 0 Å². The van der Waals surface area contributed by atoms with Crippen LogP contribution in [-0.4, -0.2) is 28.8 Å². The molecule has 1 N–H and O–H groups in total. The van der Waals surface area contributed by atoms with Crippen molar-refractivity contribution in [1.29, 1.82) is 0 Å². The number of halogens is 2. The molecule has 19 heavy (non-hydrogen) atoms. The van der Waals surface area contributed by atoms with E-state index in [1.165, 1.54) is 11.0 Å². The Labute approximate surface area is 118 Å². The normalized spacial score (nSPS) is 23.1. The second kappa shape index (κ2) is 4.59. The molecule has 1 saturated heterocycles. The fraction of sp³-hybridized carbons (Fsp3) is 0.385. The highest BCUT2D eigenvalue weighted by Gasteiger charge is 2.46. The number of amides is 2. The van der Waals surface area contributed by atoms with Crippen LogP contribution in [0.2, 0.25) is 0 Å². The number of benzene rings is 1. The third-order valence-electron chi connectivity index (χ3n) is 3.36. The average molecular weight is 327 g/mol. The molecule has 1 heterocycles. The predicted octanol–water partition coefficient (Wildman–Crippen LogP) is 2.29. The number of imide groups is 1. The van der Waals surface area contributed by atoms with Gasteiger partial charge in [0.25, 0.3) is 5.91 Å². The van der Waals surface area contributed by atoms with E-state index in [2.05, 4.69) is 21.2 Å². The molecule has 3 rings (SSSR count). The van der Waals surface area contributed by atoms with Gasteiger partial charge in [-0.05, 0) is 47.0 Å². The minimum atomic E-state index is -0.575. The fourth-order valence-corrected chi connectivity index (χ4v) is 2.51. The molecule has 1 aromatic rings. The van der Waals surface area contributed by atoms with E-state index in [0.717, 1.165) is 12.8 Å². The SMILES string of the molecule is O=C1CC(Nc2ccc(Br)c(F)c2)C(=O)N1C1CC1. The van der Waals surface area contributed by atoms with Gasteiger partial charge in [0.2, 0.25) is 5.91 Å². The summed E-state index contributed by atoms with van der Waals surface area (Å²) < 4.78 is 13.8. The molecule has 0 radical (unpaired) electrons. The first-order chi connectivity index (χ1) is 9.06. The first-order valence-corrected chi connectivity index (χ1v) is 6.93. The van der Waals surface area contributed by atoms with Crippen LogP contribution in [0.1, 0.15) is 19.3 Å². The van der Waals surface area contributed by atoms with Crippen LogP contribution in [0.4, 0.5) is 10.1 Å². The molecule has 1 unspecified atom stereocenters. The van der Waals surface area contributed by atoms with Crippen LogP contribution in [0.25, 0.3) is 0 Å². The van der Waals surface area contributed by atoms with Crippen LogP contribution < -0.4 is 5.32 Å². The molecule has 4 nitrogen and oxygen atoms in total. The third kappa shape index (κ3) is 2.36. The van der Waals surface area contributed by atoms with E-state index >= 15 is 0 Å². The fourth-order valence-electron chi connectivity index (χ4n) is 2.27. The van der Waals surface area contributed by atoms with E-state index in [4.69, 9.17) is 0 Å². The van der Waals surface area contributed by atoms with E-state index < -0.39 is 11.9 Å². The van der Waals surface area contributed by atoms with Crippen molar-refractivity contribution < 1.29 is 14.0 Å². The highest BCUT2D eigenvalue weighted by molar-refractivity contribution is 9.10. The van der Waals surface area contributed by atoms with Crippen LogP contribution in [0.15, 0.2) is 22.7 Å². The Balaban J connectivity index is 1.74. The zero-order chi connectivity index (χ0) is 13.6. The summed E-state index contributed by atoms with van der Waals surface area (Å²) in [6, 6.07) is 4.06. The Morgan fingerprint density at radius 3 is 2.68 bits per heavy atom. The maximum absolute atomic E-state index is 13.4. The summed E-state index contributed by atoms with van der Waals surface area (Å²) in [5.41, 5.74) is 0.504. The van der Waals surface area contributed by atoms with Crippen LogP contribution in [0.5, 0.6) is 0 Å². The van der Waals surface area contributed by atoms with E-state index in [-0.39, 0.29) is 24.3 Å². The maximum Gasteiger partial charge on any atom is 0.252 e. The number of carbonyl (C=O) groups excluding carboxylic acids is 2. The summed E-state index contributed by atoms with van der Waals surface area (Å²) in [6.45, 7) is 0. The molecule has 0 bridgehead atoms. The number of hydrogen-bond acceptors (Lipinski definition) is 3. The van der Waals surface area contributed by atoms with E-state index in [0.29, 0.717) is 10.2 Å². The smallest absolute Gasteiger partial charge is 0.252 e. The number of rotatable bonds is 3. The van der Waals surface area contributed by atoms with E-state index in [9.17, 15) is 14.0 Å². The summed E-state index contributed by atoms with van der Waals surface area (Å²) in [6.07, 6.45) is 1.95. The molecule has 0 spiro atoms. The van der Waals surface area contributed by atoms with Gasteiger partial charge < -0.3 is 5.32 Å². The second-order valence-corrected chi connectivity index (χ2v) is 5.72. The lowest BCUT2D eigenvalue weighted by atomic mass is 10.2. The average Bonchev–Trinajstić information content (AvgIpc) is 3.13. The summed E-state index contributed by atoms with van der Waals surface area (Å²) >= 11 is 3.07. The molecule has 1 saturated carbocycles. The number of hydrogen-bond donors (Lipinski definition) is 1. The van der Waals surface area contributed by atoms with Gasteiger partial charge >= 0.3 is 0 Å². The van der Waals surface area contributed by atoms with Gasteiger partial charge in [0.15, 0.2) is 0 Å². The lowest BCUT2D eigenvalue weighted by molar-refractivity contribution is -0.139. The quantitative estimate of drug-likeness (QED) is 0.867. The number of nitrogens with zero attached hydrogens (tertiary/aromatic N) is 1. The Hall–Kier alpha value is -1.43. The number of anilines is 1. The molecule has 100 valence electrons. The molecule has 2 aliphatic rings. The molecule has 0 aromatic heterocycles. The van der Waals surface area contributed by atoms with Gasteiger partial charge in [0.05, 0.1) is 10.9 Å². The van der Waals surface area contributed by atoms with Gasteiger partial charge in [-0.25, -0.2) is 4.39 Å². The number of carbonyl (C=O) groups is 2. The minimum Gasteiger partial charge on any atom is -0.373 e. The largest absolute Gasteiger partial charge is 0.373 e. The van der Waals surface area contributed by atoms with Crippen molar-refractivity contribution in [3.63, 3.8) is 0 Å². The van der Waals surface area contributed by atoms with Gasteiger partial charge in [0, 0.05) is 11.7 Å². The number of likely N-dealkylation sites (tertiary alicyclic amines) is 1. The van der Waals surface area contributed by atoms with Crippen molar-refractivity contribution in [2.75, 3.05) is 5.32 Å². The minimum absolute atomic E-state index is 0.0912. The van der Waals surface area contributed by atoms with Crippen molar-refractivity contribution in [2.24, 2.45) is 0 Å². The summed E-state index contributed by atoms with van der Waals surface area (Å²) in [7, 11) is 0. The van der Waals surface area contributed by atoms with E-state index in [1.54, 1.807) is 12.1 Å². The van der Waals surface area contributed by atoms with Crippen LogP contribution in [0.3, 0.4) is 0 Å². The van der Waals surface area contributed by atoms with Gasteiger partial charge in [0.1, 0.15) is 11.9 Å². The first-order valence-electron chi connectivity index (χ1n) is 6.14. The molecule has 6 heteroatoms. The summed E-state index contributed by atoms with van der Waals surface area (Å²) in [5.74, 6) is -0.737. The first kappa shape index (κ1) is 12.6. The van der Waals surface area contributed by atoms with Crippen LogP contribution in [0, 0.1) is 5.82 Å². The zero-order valence-corrected chi connectivity index (χ0v) is 11.6. The Morgan fingerprint density at radius 2 is 2.05 bits per heavy atom. The maximum atomic E-state index is 13.4. The molecular formula is C13H12BrFN2O2. The van der Waals surface area contributed by atoms with Gasteiger partial charge in [-0.3, -0.25) is 14.5 Å². The van der Waals surface area contributed by atoms with Crippen molar-refractivity contribution >= 4 is 33.4 Å². The Bertz CT molecular complexity index is 560. The monoisotopic (exact) mass is 326 g/mol. The topological polar surface area (TPSA) is 49.4 Å². The standard InChI is InChI=1S/C13H12BrFN2O2/c14-9-4-1-7(5-10(9)15)16-11-6-12(18)17(13(11)19)8-2-3-8/h1,4-5,8,11,16H,2-3,6H2. The third-order valence-corrected chi connectivity index (χ3v) is 4.00. The molecular weight excluding hydrogens is 315 g/mol. The number of nitrogens with one attached hydrogen (secondary N) is 1. The predicted molar refractivity (Wildman–Crippen MR) is 71.0 cm³/mol. The van der Waals surface area contributed by atoms with Crippen molar-refractivity contribution in [3.05, 3.63) is 28.5 Å². The lowest BCUT2D eigenvalue weighted by Crippen LogP contribution is -2.36. The van der Waals surface area contributed by atoms with Crippen molar-refractivity contribution in [2.45, 2.75) is 31.3 Å². The summed E-state index contributed by atoms with van der Waals surface area (Å²) in [4.78, 5) is 25.2. The molecule has 1 atom stereocenters. The van der Waals surface area contributed by atoms with Gasteiger partial charge in [-0.15, -0.1) is 0 Å². The molecule has 1 aliphatic heterocycles. The Morgan fingerprint density at radius 1 is 1.32 bits per heavy atom. The molecule has 2 fully saturated rings. The molecule has 1 aliphatic carbocycles. The van der Waals surface area contributed by atoms with Crippen LogP contribution in [-0.2, 0) is 9.59 Å². The van der Waals surface area contributed by atoms with Gasteiger partial charge in [-0.2, -0.15) is 0 Å². The Kier molecular flexibility index (Phi) is 3.05. The molecule has 1 aromatic carbocycles. The van der Waals surface area contributed by atoms with Gasteiger partial charge in [-0.1, -0.05) is 0 Å². The van der Waals surface area contributed by atoms with Crippen molar-refractivity contribution in [1.82, 2.24) is 4.90 Å². The summed E-state index contributed by atoms with van der Waals surface area (Å²) in [5, 5.41) is 2.93. The van der Waals surface area contributed by atoms with Crippen molar-refractivity contribution in [3.8, 4) is 0 Å². The highest BCUT2D eigenvalue weighted by Crippen LogP contribution is 2.32.